The number of aliphatic hydroxyl groups is 1. The van der Waals surface area contributed by atoms with Gasteiger partial charge in [0.2, 0.25) is 6.79 Å². The molecule has 0 aliphatic carbocycles. The average molecular weight is 351 g/mol. The number of hydrogen-bond acceptors (Lipinski definition) is 7. The maximum Gasteiger partial charge on any atom is 0.332 e. The van der Waals surface area contributed by atoms with Crippen molar-refractivity contribution in [3.05, 3.63) is 23.8 Å². The maximum atomic E-state index is 12.8. The van der Waals surface area contributed by atoms with Gasteiger partial charge in [-0.3, -0.25) is 0 Å². The van der Waals surface area contributed by atoms with Gasteiger partial charge in [-0.15, -0.1) is 11.8 Å². The summed E-state index contributed by atoms with van der Waals surface area (Å²) < 4.78 is 16.4. The van der Waals surface area contributed by atoms with E-state index >= 15 is 0 Å². The normalized spacial score (nSPS) is 30.3. The van der Waals surface area contributed by atoms with Crippen LogP contribution in [0.25, 0.3) is 0 Å². The monoisotopic (exact) mass is 351 g/mol. The third kappa shape index (κ3) is 2.14. The second-order valence-corrected chi connectivity index (χ2v) is 8.47. The second-order valence-electron chi connectivity index (χ2n) is 7.51. The van der Waals surface area contributed by atoms with E-state index in [-0.39, 0.29) is 24.4 Å². The van der Waals surface area contributed by atoms with Crippen LogP contribution < -0.4 is 9.47 Å². The minimum Gasteiger partial charge on any atom is -0.454 e. The van der Waals surface area contributed by atoms with Crippen LogP contribution in [0.3, 0.4) is 0 Å². The van der Waals surface area contributed by atoms with E-state index in [9.17, 15) is 9.90 Å². The Hall–Kier alpha value is -1.44. The number of carbonyl (C=O) groups is 1. The number of esters is 1. The molecule has 6 nitrogen and oxygen atoms in total. The molecule has 3 aliphatic rings. The maximum absolute atomic E-state index is 12.8. The lowest BCUT2D eigenvalue weighted by Crippen LogP contribution is -2.54. The molecule has 1 aromatic rings. The Kier molecular flexibility index (Phi) is 3.53. The van der Waals surface area contributed by atoms with Gasteiger partial charge in [0.15, 0.2) is 23.3 Å². The van der Waals surface area contributed by atoms with Crippen LogP contribution in [0.15, 0.2) is 18.2 Å². The van der Waals surface area contributed by atoms with Crippen molar-refractivity contribution in [2.24, 2.45) is 5.41 Å². The smallest absolute Gasteiger partial charge is 0.332 e. The number of carbonyl (C=O) groups excluding carboxylic acids is 1. The molecular formula is C17H21NO5S. The van der Waals surface area contributed by atoms with Crippen molar-refractivity contribution in [2.75, 3.05) is 18.4 Å². The molecule has 3 aliphatic heterocycles. The molecule has 0 saturated carbocycles. The third-order valence-electron chi connectivity index (χ3n) is 4.83. The zero-order chi connectivity index (χ0) is 17.1. The Labute approximate surface area is 145 Å². The number of benzene rings is 1. The summed E-state index contributed by atoms with van der Waals surface area (Å²) in [6.07, 6.45) is -1.33. The summed E-state index contributed by atoms with van der Waals surface area (Å²) in [6, 6.07) is 5.30. The van der Waals surface area contributed by atoms with Gasteiger partial charge in [0.25, 0.3) is 0 Å². The molecule has 24 heavy (non-hydrogen) atoms. The van der Waals surface area contributed by atoms with Crippen molar-refractivity contribution in [2.45, 2.75) is 38.6 Å². The van der Waals surface area contributed by atoms with Crippen molar-refractivity contribution < 1.29 is 24.1 Å². The van der Waals surface area contributed by atoms with E-state index in [1.54, 1.807) is 30.0 Å². The van der Waals surface area contributed by atoms with Crippen LogP contribution in [-0.4, -0.2) is 46.2 Å². The molecule has 4 rings (SSSR count). The quantitative estimate of drug-likeness (QED) is 0.819. The van der Waals surface area contributed by atoms with Gasteiger partial charge in [0.05, 0.1) is 0 Å². The summed E-state index contributed by atoms with van der Waals surface area (Å²) in [7, 11) is 0. The fraction of sp³-hybridized carbons (Fsp3) is 0.588. The molecule has 0 aromatic heterocycles. The number of thioether (sulfide) groups is 1. The first-order chi connectivity index (χ1) is 11.3. The molecule has 130 valence electrons. The summed E-state index contributed by atoms with van der Waals surface area (Å²) in [5.41, 5.74) is -0.633. The number of hydrogen-bond donors (Lipinski definition) is 1. The topological polar surface area (TPSA) is 68.2 Å². The molecular weight excluding hydrogens is 330 g/mol. The van der Waals surface area contributed by atoms with Gasteiger partial charge in [-0.05, 0) is 17.7 Å². The molecule has 2 fully saturated rings. The van der Waals surface area contributed by atoms with Crippen LogP contribution in [0.2, 0.25) is 0 Å². The summed E-state index contributed by atoms with van der Waals surface area (Å²) in [4.78, 5) is 14.8. The van der Waals surface area contributed by atoms with Crippen molar-refractivity contribution in [1.29, 1.82) is 0 Å². The minimum atomic E-state index is -1.05. The molecule has 0 radical (unpaired) electrons. The predicted molar refractivity (Wildman–Crippen MR) is 88.8 cm³/mol. The Balaban J connectivity index is 1.72. The lowest BCUT2D eigenvalue weighted by atomic mass is 9.86. The van der Waals surface area contributed by atoms with E-state index in [1.165, 1.54) is 0 Å². The van der Waals surface area contributed by atoms with Crippen LogP contribution in [0.5, 0.6) is 11.5 Å². The zero-order valence-electron chi connectivity index (χ0n) is 13.9. The van der Waals surface area contributed by atoms with Crippen LogP contribution in [0, 0.1) is 5.41 Å². The zero-order valence-corrected chi connectivity index (χ0v) is 14.8. The van der Waals surface area contributed by atoms with E-state index in [0.29, 0.717) is 28.7 Å². The van der Waals surface area contributed by atoms with Crippen LogP contribution in [0.4, 0.5) is 0 Å². The molecule has 0 bridgehead atoms. The van der Waals surface area contributed by atoms with Crippen molar-refractivity contribution in [1.82, 2.24) is 4.90 Å². The van der Waals surface area contributed by atoms with Crippen LogP contribution >= 0.6 is 11.8 Å². The highest BCUT2D eigenvalue weighted by molar-refractivity contribution is 7.99. The third-order valence-corrected chi connectivity index (χ3v) is 5.93. The van der Waals surface area contributed by atoms with Gasteiger partial charge in [-0.2, -0.15) is 0 Å². The standard InChI is InChI=1S/C17H21NO5S/c1-16(2,3)14-18-8-24-7-17(18,15(20)23-14)13(19)10-4-5-11-12(6-10)22-9-21-11/h4-6,13-14,19H,7-9H2,1-3H3. The molecule has 3 unspecified atom stereocenters. The summed E-state index contributed by atoms with van der Waals surface area (Å²) >= 11 is 1.65. The van der Waals surface area contributed by atoms with Crippen molar-refractivity contribution in [3.8, 4) is 11.5 Å². The van der Waals surface area contributed by atoms with E-state index in [2.05, 4.69) is 0 Å². The van der Waals surface area contributed by atoms with Crippen LogP contribution in [0.1, 0.15) is 32.4 Å². The van der Waals surface area contributed by atoms with Gasteiger partial charge < -0.3 is 19.3 Å². The molecule has 0 amide bonds. The summed E-state index contributed by atoms with van der Waals surface area (Å²) in [5, 5.41) is 11.1. The number of nitrogens with zero attached hydrogens (tertiary/aromatic N) is 1. The Bertz CT molecular complexity index is 688. The van der Waals surface area contributed by atoms with E-state index in [0.717, 1.165) is 0 Å². The molecule has 3 heterocycles. The number of aliphatic hydroxyl groups excluding tert-OH is 1. The highest BCUT2D eigenvalue weighted by Gasteiger charge is 2.64. The number of fused-ring (bicyclic) bond motifs is 2. The van der Waals surface area contributed by atoms with Crippen molar-refractivity contribution >= 4 is 17.7 Å². The van der Waals surface area contributed by atoms with E-state index in [4.69, 9.17) is 14.2 Å². The first-order valence-corrected chi connectivity index (χ1v) is 9.13. The number of ether oxygens (including phenoxy) is 3. The summed E-state index contributed by atoms with van der Waals surface area (Å²) in [5.74, 6) is 2.07. The SMILES string of the molecule is CC(C)(C)C1OC(=O)C2(C(O)c3ccc4c(c3)OCO4)CSCN12. The fourth-order valence-corrected chi connectivity index (χ4v) is 4.98. The molecule has 2 saturated heterocycles. The predicted octanol–water partition coefficient (Wildman–Crippen LogP) is 2.12. The molecule has 3 atom stereocenters. The largest absolute Gasteiger partial charge is 0.454 e. The van der Waals surface area contributed by atoms with Crippen molar-refractivity contribution in [3.63, 3.8) is 0 Å². The van der Waals surface area contributed by atoms with Gasteiger partial charge in [0.1, 0.15) is 6.10 Å². The van der Waals surface area contributed by atoms with E-state index < -0.39 is 11.6 Å². The summed E-state index contributed by atoms with van der Waals surface area (Å²) in [6.45, 7) is 6.29. The average Bonchev–Trinajstić information content (AvgIpc) is 3.21. The molecule has 1 N–H and O–H groups in total. The fourth-order valence-electron chi connectivity index (χ4n) is 3.57. The lowest BCUT2D eigenvalue weighted by molar-refractivity contribution is -0.150. The molecule has 0 spiro atoms. The van der Waals surface area contributed by atoms with Gasteiger partial charge in [-0.1, -0.05) is 26.8 Å². The second kappa shape index (κ2) is 5.28. The van der Waals surface area contributed by atoms with Gasteiger partial charge >= 0.3 is 5.97 Å². The highest BCUT2D eigenvalue weighted by atomic mass is 32.2. The number of cyclic esters (lactones) is 1. The Morgan fingerprint density at radius 2 is 2.08 bits per heavy atom. The van der Waals surface area contributed by atoms with E-state index in [1.807, 2.05) is 25.7 Å². The van der Waals surface area contributed by atoms with Gasteiger partial charge in [-0.25, -0.2) is 9.69 Å². The molecule has 1 aromatic carbocycles. The first kappa shape index (κ1) is 16.1. The Morgan fingerprint density at radius 1 is 1.33 bits per heavy atom. The Morgan fingerprint density at radius 3 is 2.83 bits per heavy atom. The first-order valence-electron chi connectivity index (χ1n) is 7.97. The number of rotatable bonds is 2. The minimum absolute atomic E-state index is 0.177. The molecule has 7 heteroatoms. The van der Waals surface area contributed by atoms with Crippen LogP contribution in [-0.2, 0) is 9.53 Å². The lowest BCUT2D eigenvalue weighted by Gasteiger charge is -2.36. The highest BCUT2D eigenvalue weighted by Crippen LogP contribution is 2.50. The van der Waals surface area contributed by atoms with Gasteiger partial charge in [0, 0.05) is 17.0 Å².